The molecular formula is C43H45NO6. The number of hydrogen-bond donors (Lipinski definition) is 2. The van der Waals surface area contributed by atoms with E-state index in [1.807, 2.05) is 91.0 Å². The Bertz CT molecular complexity index is 1730. The van der Waals surface area contributed by atoms with E-state index in [4.69, 9.17) is 18.9 Å². The number of fused-ring (bicyclic) bond motifs is 3. The fraction of sp³-hybridized carbons (Fsp3) is 0.279. The third-order valence-corrected chi connectivity index (χ3v) is 9.62. The minimum atomic E-state index is -0.946. The van der Waals surface area contributed by atoms with Gasteiger partial charge in [0.1, 0.15) is 23.7 Å². The largest absolute Gasteiger partial charge is 0.497 e. The number of hydrogen-bond acceptors (Lipinski definition) is 6. The van der Waals surface area contributed by atoms with Crippen molar-refractivity contribution in [2.75, 3.05) is 40.6 Å². The number of carbonyl (C=O) groups excluding carboxylic acids is 1. The molecule has 0 saturated heterocycles. The summed E-state index contributed by atoms with van der Waals surface area (Å²) in [5.41, 5.74) is 6.69. The normalized spacial score (nSPS) is 12.9. The maximum atomic E-state index is 12.7. The van der Waals surface area contributed by atoms with Crippen molar-refractivity contribution in [2.24, 2.45) is 5.92 Å². The number of aliphatic hydroxyl groups excluding tert-OH is 1. The zero-order valence-electron chi connectivity index (χ0n) is 28.7. The smallest absolute Gasteiger partial charge is 0.407 e. The van der Waals surface area contributed by atoms with Crippen LogP contribution in [-0.2, 0) is 15.1 Å². The summed E-state index contributed by atoms with van der Waals surface area (Å²) < 4.78 is 23.6. The number of ether oxygens (including phenoxy) is 4. The van der Waals surface area contributed by atoms with E-state index in [1.165, 1.54) is 22.3 Å². The van der Waals surface area contributed by atoms with Gasteiger partial charge >= 0.3 is 6.09 Å². The molecule has 1 aliphatic rings. The molecule has 1 atom stereocenters. The highest BCUT2D eigenvalue weighted by atomic mass is 16.5. The summed E-state index contributed by atoms with van der Waals surface area (Å²) in [6.45, 7) is 1.08. The molecule has 1 aliphatic carbocycles. The standard InChI is InChI=1S/C43H45NO6/c1-47-35-23-19-33(20-24-35)43(32-13-4-3-5-14-32,34-21-25-36(48-2)26-22-34)50-29-31(28-45)12-10-11-27-44-42(46)49-30-41-39-17-8-6-15-37(39)38-16-7-9-18-40(38)41/h3-9,13-26,31,41,45H,10-12,27-30H2,1-2H3,(H,44,46). The molecule has 0 heterocycles. The van der Waals surface area contributed by atoms with Crippen molar-refractivity contribution in [3.05, 3.63) is 155 Å². The number of rotatable bonds is 16. The predicted molar refractivity (Wildman–Crippen MR) is 196 cm³/mol. The lowest BCUT2D eigenvalue weighted by Crippen LogP contribution is -2.35. The maximum Gasteiger partial charge on any atom is 0.407 e. The fourth-order valence-electron chi connectivity index (χ4n) is 6.94. The number of nitrogens with one attached hydrogen (secondary N) is 1. The molecule has 6 rings (SSSR count). The van der Waals surface area contributed by atoms with Crippen molar-refractivity contribution < 1.29 is 28.8 Å². The van der Waals surface area contributed by atoms with Gasteiger partial charge in [0.05, 0.1) is 20.8 Å². The van der Waals surface area contributed by atoms with Gasteiger partial charge in [0, 0.05) is 25.0 Å². The second kappa shape index (κ2) is 16.5. The van der Waals surface area contributed by atoms with Gasteiger partial charge in [-0.1, -0.05) is 110 Å². The summed E-state index contributed by atoms with van der Waals surface area (Å²) >= 11 is 0. The molecule has 0 aromatic heterocycles. The Morgan fingerprint density at radius 3 is 1.76 bits per heavy atom. The van der Waals surface area contributed by atoms with Crippen LogP contribution < -0.4 is 14.8 Å². The van der Waals surface area contributed by atoms with Gasteiger partial charge < -0.3 is 29.4 Å². The van der Waals surface area contributed by atoms with Crippen LogP contribution in [0.2, 0.25) is 0 Å². The van der Waals surface area contributed by atoms with E-state index in [-0.39, 0.29) is 25.0 Å². The van der Waals surface area contributed by atoms with Gasteiger partial charge in [-0.15, -0.1) is 0 Å². The first-order chi connectivity index (χ1) is 24.6. The average molecular weight is 672 g/mol. The lowest BCUT2D eigenvalue weighted by molar-refractivity contribution is -0.0205. The number of benzene rings is 5. The van der Waals surface area contributed by atoms with Crippen molar-refractivity contribution >= 4 is 6.09 Å². The lowest BCUT2D eigenvalue weighted by Gasteiger charge is -2.37. The van der Waals surface area contributed by atoms with E-state index in [0.717, 1.165) is 47.5 Å². The molecule has 0 radical (unpaired) electrons. The zero-order chi connectivity index (χ0) is 34.8. The Balaban J connectivity index is 1.06. The highest BCUT2D eigenvalue weighted by molar-refractivity contribution is 5.79. The van der Waals surface area contributed by atoms with Crippen LogP contribution in [0, 0.1) is 5.92 Å². The number of unbranched alkanes of at least 4 members (excludes halogenated alkanes) is 1. The molecule has 258 valence electrons. The van der Waals surface area contributed by atoms with Gasteiger partial charge in [0.2, 0.25) is 0 Å². The molecule has 0 saturated carbocycles. The number of methoxy groups -OCH3 is 2. The molecule has 2 N–H and O–H groups in total. The third kappa shape index (κ3) is 7.54. The van der Waals surface area contributed by atoms with Gasteiger partial charge in [-0.25, -0.2) is 4.79 Å². The Kier molecular flexibility index (Phi) is 11.5. The Labute approximate surface area is 294 Å². The second-order valence-electron chi connectivity index (χ2n) is 12.6. The minimum Gasteiger partial charge on any atom is -0.497 e. The summed E-state index contributed by atoms with van der Waals surface area (Å²) in [6.07, 6.45) is 1.88. The Hall–Kier alpha value is -5.11. The van der Waals surface area contributed by atoms with Crippen LogP contribution in [0.3, 0.4) is 0 Å². The van der Waals surface area contributed by atoms with E-state index >= 15 is 0 Å². The van der Waals surface area contributed by atoms with Crippen molar-refractivity contribution in [1.82, 2.24) is 5.32 Å². The number of amides is 1. The van der Waals surface area contributed by atoms with Crippen LogP contribution in [0.1, 0.15) is 53.0 Å². The number of carbonyl (C=O) groups is 1. The zero-order valence-corrected chi connectivity index (χ0v) is 28.7. The van der Waals surface area contributed by atoms with Gasteiger partial charge in [-0.05, 0) is 76.1 Å². The van der Waals surface area contributed by atoms with E-state index in [1.54, 1.807) is 14.2 Å². The molecule has 5 aromatic carbocycles. The highest BCUT2D eigenvalue weighted by Gasteiger charge is 2.38. The minimum absolute atomic E-state index is 0.0180. The molecule has 1 amide bonds. The number of alkyl carbamates (subject to hydrolysis) is 1. The SMILES string of the molecule is COc1ccc(C(OCC(CO)CCCCNC(=O)OCC2c3ccccc3-c3ccccc32)(c2ccccc2)c2ccc(OC)cc2)cc1. The summed E-state index contributed by atoms with van der Waals surface area (Å²) in [7, 11) is 3.30. The predicted octanol–water partition coefficient (Wildman–Crippen LogP) is 8.33. The summed E-state index contributed by atoms with van der Waals surface area (Å²) in [4.78, 5) is 12.7. The molecule has 7 nitrogen and oxygen atoms in total. The van der Waals surface area contributed by atoms with E-state index in [9.17, 15) is 9.90 Å². The Morgan fingerprint density at radius 2 is 1.22 bits per heavy atom. The molecule has 1 unspecified atom stereocenters. The molecule has 0 fully saturated rings. The van der Waals surface area contributed by atoms with Crippen LogP contribution in [-0.4, -0.2) is 51.8 Å². The average Bonchev–Trinajstić information content (AvgIpc) is 3.50. The van der Waals surface area contributed by atoms with E-state index in [0.29, 0.717) is 13.2 Å². The van der Waals surface area contributed by atoms with Crippen molar-refractivity contribution in [3.63, 3.8) is 0 Å². The van der Waals surface area contributed by atoms with Gasteiger partial charge in [-0.3, -0.25) is 0 Å². The first kappa shape index (κ1) is 34.7. The quantitative estimate of drug-likeness (QED) is 0.0811. The van der Waals surface area contributed by atoms with Gasteiger partial charge in [0.25, 0.3) is 0 Å². The molecule has 0 aliphatic heterocycles. The molecule has 0 spiro atoms. The van der Waals surface area contributed by atoms with Gasteiger partial charge in [-0.2, -0.15) is 0 Å². The maximum absolute atomic E-state index is 12.7. The number of aliphatic hydroxyl groups is 1. The van der Waals surface area contributed by atoms with Crippen molar-refractivity contribution in [2.45, 2.75) is 30.8 Å². The third-order valence-electron chi connectivity index (χ3n) is 9.62. The molecule has 5 aromatic rings. The van der Waals surface area contributed by atoms with Crippen LogP contribution in [0.4, 0.5) is 4.79 Å². The Morgan fingerprint density at radius 1 is 0.700 bits per heavy atom. The second-order valence-corrected chi connectivity index (χ2v) is 12.6. The monoisotopic (exact) mass is 671 g/mol. The van der Waals surface area contributed by atoms with Crippen molar-refractivity contribution in [1.29, 1.82) is 0 Å². The van der Waals surface area contributed by atoms with Crippen LogP contribution >= 0.6 is 0 Å². The molecule has 0 bridgehead atoms. The summed E-state index contributed by atoms with van der Waals surface area (Å²) in [6, 6.07) is 42.6. The van der Waals surface area contributed by atoms with Crippen LogP contribution in [0.25, 0.3) is 11.1 Å². The topological polar surface area (TPSA) is 86.2 Å². The van der Waals surface area contributed by atoms with E-state index in [2.05, 4.69) is 41.7 Å². The molecular weight excluding hydrogens is 626 g/mol. The summed E-state index contributed by atoms with van der Waals surface area (Å²) in [5.74, 6) is 1.43. The molecule has 7 heteroatoms. The molecule has 50 heavy (non-hydrogen) atoms. The van der Waals surface area contributed by atoms with Crippen molar-refractivity contribution in [3.8, 4) is 22.6 Å². The van der Waals surface area contributed by atoms with Crippen LogP contribution in [0.5, 0.6) is 11.5 Å². The van der Waals surface area contributed by atoms with Crippen LogP contribution in [0.15, 0.2) is 127 Å². The van der Waals surface area contributed by atoms with Gasteiger partial charge in [0.15, 0.2) is 0 Å². The first-order valence-corrected chi connectivity index (χ1v) is 17.3. The van der Waals surface area contributed by atoms with E-state index < -0.39 is 11.7 Å². The summed E-state index contributed by atoms with van der Waals surface area (Å²) in [5, 5.41) is 13.3. The highest BCUT2D eigenvalue weighted by Crippen LogP contribution is 2.45. The lowest BCUT2D eigenvalue weighted by atomic mass is 9.79. The fourth-order valence-corrected chi connectivity index (χ4v) is 6.94. The first-order valence-electron chi connectivity index (χ1n) is 17.3.